The number of hydrogen-bond acceptors (Lipinski definition) is 4. The maximum atomic E-state index is 12.9. The molecule has 2 aliphatic rings. The van der Waals surface area contributed by atoms with Gasteiger partial charge in [-0.1, -0.05) is 12.1 Å². The summed E-state index contributed by atoms with van der Waals surface area (Å²) in [6.07, 6.45) is 4.14. The molecule has 2 aromatic carbocycles. The van der Waals surface area contributed by atoms with Crippen LogP contribution >= 0.6 is 0 Å². The summed E-state index contributed by atoms with van der Waals surface area (Å²) in [7, 11) is 0. The van der Waals surface area contributed by atoms with Crippen molar-refractivity contribution >= 4 is 16.9 Å². The van der Waals surface area contributed by atoms with Gasteiger partial charge in [0.1, 0.15) is 11.6 Å². The van der Waals surface area contributed by atoms with Crippen molar-refractivity contribution in [2.75, 3.05) is 32.8 Å². The van der Waals surface area contributed by atoms with Crippen molar-refractivity contribution < 1.29 is 9.53 Å². The summed E-state index contributed by atoms with van der Waals surface area (Å²) in [6.45, 7) is 9.39. The third-order valence-electron chi connectivity index (χ3n) is 7.14. The molecule has 33 heavy (non-hydrogen) atoms. The fourth-order valence-corrected chi connectivity index (χ4v) is 5.20. The number of carbonyl (C=O) groups is 1. The van der Waals surface area contributed by atoms with E-state index in [-0.39, 0.29) is 5.91 Å². The molecule has 1 saturated heterocycles. The average molecular weight is 447 g/mol. The van der Waals surface area contributed by atoms with Gasteiger partial charge in [0.15, 0.2) is 0 Å². The van der Waals surface area contributed by atoms with Crippen LogP contribution in [0.1, 0.15) is 54.0 Å². The van der Waals surface area contributed by atoms with Crippen LogP contribution in [0.25, 0.3) is 11.0 Å². The lowest BCUT2D eigenvalue weighted by molar-refractivity contribution is 0.0773. The number of imidazole rings is 1. The first-order valence-corrected chi connectivity index (χ1v) is 12.4. The maximum absolute atomic E-state index is 12.9. The van der Waals surface area contributed by atoms with Gasteiger partial charge in [0.05, 0.1) is 17.6 Å². The monoisotopic (exact) mass is 446 g/mol. The normalized spacial score (nSPS) is 16.1. The molecule has 1 fully saturated rings. The van der Waals surface area contributed by atoms with E-state index in [4.69, 9.17) is 9.72 Å². The van der Waals surface area contributed by atoms with Gasteiger partial charge in [-0.3, -0.25) is 4.79 Å². The summed E-state index contributed by atoms with van der Waals surface area (Å²) in [5.41, 5.74) is 5.32. The fraction of sp³-hybridized carbons (Fsp3) is 0.481. The minimum Gasteiger partial charge on any atom is -0.493 e. The number of carbonyl (C=O) groups excluding carboxylic acids is 1. The summed E-state index contributed by atoms with van der Waals surface area (Å²) in [6, 6.07) is 12.6. The lowest BCUT2D eigenvalue weighted by atomic mass is 9.98. The first-order valence-electron chi connectivity index (χ1n) is 12.4. The number of fused-ring (bicyclic) bond motifs is 2. The minimum atomic E-state index is 0.0787. The van der Waals surface area contributed by atoms with Gasteiger partial charge in [-0.05, 0) is 81.1 Å². The Labute approximate surface area is 195 Å². The van der Waals surface area contributed by atoms with Gasteiger partial charge in [0, 0.05) is 38.0 Å². The number of rotatable bonds is 7. The molecule has 0 saturated carbocycles. The van der Waals surface area contributed by atoms with Gasteiger partial charge < -0.3 is 19.5 Å². The van der Waals surface area contributed by atoms with Crippen molar-refractivity contribution in [3.63, 3.8) is 0 Å². The van der Waals surface area contributed by atoms with Crippen LogP contribution < -0.4 is 10.1 Å². The minimum absolute atomic E-state index is 0.0787. The molecule has 6 heteroatoms. The largest absolute Gasteiger partial charge is 0.493 e. The van der Waals surface area contributed by atoms with Crippen molar-refractivity contribution in [1.29, 1.82) is 0 Å². The third kappa shape index (κ3) is 4.49. The molecular weight excluding hydrogens is 412 g/mol. The highest BCUT2D eigenvalue weighted by molar-refractivity contribution is 5.97. The molecule has 3 aromatic rings. The highest BCUT2D eigenvalue weighted by Gasteiger charge is 2.21. The molecule has 1 aromatic heterocycles. The smallest absolute Gasteiger partial charge is 0.253 e. The predicted octanol–water partition coefficient (Wildman–Crippen LogP) is 4.04. The van der Waals surface area contributed by atoms with Gasteiger partial charge in [-0.25, -0.2) is 4.98 Å². The third-order valence-corrected chi connectivity index (χ3v) is 7.14. The first kappa shape index (κ1) is 22.0. The van der Waals surface area contributed by atoms with Crippen LogP contribution in [0.5, 0.6) is 5.75 Å². The second kappa shape index (κ2) is 9.56. The molecule has 5 rings (SSSR count). The van der Waals surface area contributed by atoms with Crippen LogP contribution in [0.15, 0.2) is 36.4 Å². The first-order chi connectivity index (χ1) is 16.2. The number of ether oxygens (including phenoxy) is 1. The Kier molecular flexibility index (Phi) is 6.36. The summed E-state index contributed by atoms with van der Waals surface area (Å²) in [4.78, 5) is 19.9. The lowest BCUT2D eigenvalue weighted by Gasteiger charge is -2.24. The van der Waals surface area contributed by atoms with E-state index in [1.807, 2.05) is 30.9 Å². The van der Waals surface area contributed by atoms with Crippen LogP contribution in [-0.4, -0.2) is 53.1 Å². The number of hydrogen-bond donors (Lipinski definition) is 1. The molecule has 174 valence electrons. The molecule has 0 aliphatic carbocycles. The van der Waals surface area contributed by atoms with E-state index in [0.717, 1.165) is 67.3 Å². The SMILES string of the molecule is CCN(CC)C(=O)c1ccc2c(c1)nc(Cc1ccc3c(c1)CCO3)n2CC1CCNCC1. The molecule has 0 radical (unpaired) electrons. The Morgan fingerprint density at radius 2 is 1.97 bits per heavy atom. The molecule has 6 nitrogen and oxygen atoms in total. The van der Waals surface area contributed by atoms with Gasteiger partial charge in [0.2, 0.25) is 0 Å². The maximum Gasteiger partial charge on any atom is 0.253 e. The van der Waals surface area contributed by atoms with E-state index < -0.39 is 0 Å². The summed E-state index contributed by atoms with van der Waals surface area (Å²) < 4.78 is 8.09. The van der Waals surface area contributed by atoms with Crippen LogP contribution in [0.3, 0.4) is 0 Å². The van der Waals surface area contributed by atoms with Gasteiger partial charge in [-0.15, -0.1) is 0 Å². The Morgan fingerprint density at radius 1 is 1.15 bits per heavy atom. The van der Waals surface area contributed by atoms with Crippen molar-refractivity contribution in [3.8, 4) is 5.75 Å². The van der Waals surface area contributed by atoms with E-state index in [2.05, 4.69) is 34.1 Å². The number of benzene rings is 2. The van der Waals surface area contributed by atoms with Gasteiger partial charge >= 0.3 is 0 Å². The Bertz CT molecular complexity index is 1140. The second-order valence-electron chi connectivity index (χ2n) is 9.23. The summed E-state index contributed by atoms with van der Waals surface area (Å²) >= 11 is 0. The molecule has 0 unspecified atom stereocenters. The molecule has 3 heterocycles. The van der Waals surface area contributed by atoms with Crippen molar-refractivity contribution in [2.24, 2.45) is 5.92 Å². The predicted molar refractivity (Wildman–Crippen MR) is 131 cm³/mol. The molecule has 0 spiro atoms. The number of aromatic nitrogens is 2. The fourth-order valence-electron chi connectivity index (χ4n) is 5.20. The molecule has 1 amide bonds. The zero-order chi connectivity index (χ0) is 22.8. The Hall–Kier alpha value is -2.86. The van der Waals surface area contributed by atoms with Crippen LogP contribution in [0.2, 0.25) is 0 Å². The standard InChI is InChI=1S/C27H34N4O2/c1-3-30(4-2)27(32)22-6-7-24-23(17-22)29-26(31(24)18-19-9-12-28-13-10-19)16-20-5-8-25-21(15-20)11-14-33-25/h5-8,15,17,19,28H,3-4,9-14,16,18H2,1-2H3. The van der Waals surface area contributed by atoms with E-state index >= 15 is 0 Å². The van der Waals surface area contributed by atoms with Crippen molar-refractivity contribution in [3.05, 3.63) is 58.9 Å². The Morgan fingerprint density at radius 3 is 2.76 bits per heavy atom. The second-order valence-corrected chi connectivity index (χ2v) is 9.23. The number of amides is 1. The number of piperidine rings is 1. The zero-order valence-corrected chi connectivity index (χ0v) is 19.8. The quantitative estimate of drug-likeness (QED) is 0.595. The van der Waals surface area contributed by atoms with E-state index in [1.54, 1.807) is 0 Å². The van der Waals surface area contributed by atoms with Crippen molar-refractivity contribution in [1.82, 2.24) is 19.8 Å². The van der Waals surface area contributed by atoms with Crippen LogP contribution in [0.4, 0.5) is 0 Å². The summed E-state index contributed by atoms with van der Waals surface area (Å²) in [5, 5.41) is 3.47. The highest BCUT2D eigenvalue weighted by Crippen LogP contribution is 2.28. The highest BCUT2D eigenvalue weighted by atomic mass is 16.5. The molecular formula is C27H34N4O2. The topological polar surface area (TPSA) is 59.4 Å². The number of nitrogens with one attached hydrogen (secondary N) is 1. The molecule has 0 bridgehead atoms. The molecule has 0 atom stereocenters. The van der Waals surface area contributed by atoms with Crippen molar-refractivity contribution in [2.45, 2.75) is 46.1 Å². The van der Waals surface area contributed by atoms with Crippen LogP contribution in [-0.2, 0) is 19.4 Å². The van der Waals surface area contributed by atoms with E-state index in [1.165, 1.54) is 24.0 Å². The average Bonchev–Trinajstić information content (AvgIpc) is 3.44. The lowest BCUT2D eigenvalue weighted by Crippen LogP contribution is -2.30. The Balaban J connectivity index is 1.50. The van der Waals surface area contributed by atoms with Gasteiger partial charge in [-0.2, -0.15) is 0 Å². The van der Waals surface area contributed by atoms with Gasteiger partial charge in [0.25, 0.3) is 5.91 Å². The van der Waals surface area contributed by atoms with E-state index in [0.29, 0.717) is 19.0 Å². The zero-order valence-electron chi connectivity index (χ0n) is 19.8. The number of nitrogens with zero attached hydrogens (tertiary/aromatic N) is 3. The van der Waals surface area contributed by atoms with E-state index in [9.17, 15) is 4.79 Å². The summed E-state index contributed by atoms with van der Waals surface area (Å²) in [5.74, 6) is 2.82. The van der Waals surface area contributed by atoms with Crippen LogP contribution in [0, 0.1) is 5.92 Å². The molecule has 1 N–H and O–H groups in total. The molecule has 2 aliphatic heterocycles.